The number of aromatic nitrogens is 1. The summed E-state index contributed by atoms with van der Waals surface area (Å²) < 4.78 is 55.6. The highest BCUT2D eigenvalue weighted by Crippen LogP contribution is 2.38. The van der Waals surface area contributed by atoms with Gasteiger partial charge < -0.3 is 13.9 Å². The summed E-state index contributed by atoms with van der Waals surface area (Å²) in [7, 11) is 1.18. The summed E-state index contributed by atoms with van der Waals surface area (Å²) in [6.07, 6.45) is -5.90. The Morgan fingerprint density at radius 1 is 1.32 bits per heavy atom. The Morgan fingerprint density at radius 3 is 2.61 bits per heavy atom. The summed E-state index contributed by atoms with van der Waals surface area (Å²) in [4.78, 5) is 28.2. The minimum atomic E-state index is -4.91. The molecule has 1 aromatic carbocycles. The number of halogens is 3. The summed E-state index contributed by atoms with van der Waals surface area (Å²) in [6.45, 7) is 3.04. The molecule has 28 heavy (non-hydrogen) atoms. The van der Waals surface area contributed by atoms with Crippen molar-refractivity contribution in [2.75, 3.05) is 7.11 Å². The Kier molecular flexibility index (Phi) is 5.16. The van der Waals surface area contributed by atoms with E-state index in [-0.39, 0.29) is 22.4 Å². The van der Waals surface area contributed by atoms with Crippen LogP contribution in [0.1, 0.15) is 17.7 Å². The third-order valence-corrected chi connectivity index (χ3v) is 4.62. The van der Waals surface area contributed by atoms with Gasteiger partial charge in [0.05, 0.1) is 28.8 Å². The van der Waals surface area contributed by atoms with E-state index >= 15 is 0 Å². The molecule has 0 aliphatic heterocycles. The van der Waals surface area contributed by atoms with Crippen LogP contribution >= 0.6 is 11.3 Å². The van der Waals surface area contributed by atoms with Crippen molar-refractivity contribution in [1.29, 1.82) is 0 Å². The summed E-state index contributed by atoms with van der Waals surface area (Å²) in [6, 6.07) is 3.77. The number of thiazole rings is 1. The summed E-state index contributed by atoms with van der Waals surface area (Å²) >= 11 is 1.12. The Labute approximate surface area is 160 Å². The van der Waals surface area contributed by atoms with Gasteiger partial charge in [0.25, 0.3) is 0 Å². The zero-order valence-corrected chi connectivity index (χ0v) is 15.7. The van der Waals surface area contributed by atoms with Crippen LogP contribution in [0.5, 0.6) is 5.75 Å². The van der Waals surface area contributed by atoms with Crippen molar-refractivity contribution in [3.63, 3.8) is 0 Å². The molecule has 0 fully saturated rings. The van der Waals surface area contributed by atoms with Gasteiger partial charge in [-0.3, -0.25) is 4.79 Å². The van der Waals surface area contributed by atoms with Crippen LogP contribution in [0.3, 0.4) is 0 Å². The molecule has 0 amide bonds. The maximum atomic E-state index is 13.6. The highest BCUT2D eigenvalue weighted by atomic mass is 32.1. The summed E-state index contributed by atoms with van der Waals surface area (Å²) in [5, 5.41) is 1.83. The molecular formula is C18H14F3NO5S. The van der Waals surface area contributed by atoms with Crippen molar-refractivity contribution in [1.82, 2.24) is 4.98 Å². The first-order chi connectivity index (χ1) is 13.1. The Morgan fingerprint density at radius 2 is 2.04 bits per heavy atom. The standard InChI is InChI=1S/C18H14F3NO5S/c1-8(17(24)25-3)26-10-4-5-11-13(6-10)27-16(18(19,20)21)14(15(11)23)12-7-28-9(2)22-12/h4-8H,1-3H3. The van der Waals surface area contributed by atoms with Gasteiger partial charge in [0.2, 0.25) is 11.2 Å². The zero-order valence-electron chi connectivity index (χ0n) is 14.9. The lowest BCUT2D eigenvalue weighted by Gasteiger charge is -2.14. The van der Waals surface area contributed by atoms with Crippen LogP contribution in [-0.4, -0.2) is 24.2 Å². The molecule has 0 N–H and O–H groups in total. The number of ether oxygens (including phenoxy) is 2. The summed E-state index contributed by atoms with van der Waals surface area (Å²) in [5.74, 6) is -2.04. The number of hydrogen-bond acceptors (Lipinski definition) is 7. The van der Waals surface area contributed by atoms with Crippen LogP contribution in [0.2, 0.25) is 0 Å². The van der Waals surface area contributed by atoms with Gasteiger partial charge in [-0.15, -0.1) is 11.3 Å². The maximum absolute atomic E-state index is 13.6. The van der Waals surface area contributed by atoms with E-state index in [9.17, 15) is 22.8 Å². The van der Waals surface area contributed by atoms with Gasteiger partial charge >= 0.3 is 12.1 Å². The second kappa shape index (κ2) is 7.27. The number of carbonyl (C=O) groups is 1. The highest BCUT2D eigenvalue weighted by molar-refractivity contribution is 7.09. The number of alkyl halides is 3. The molecule has 6 nitrogen and oxygen atoms in total. The van der Waals surface area contributed by atoms with Gasteiger partial charge in [0.15, 0.2) is 6.10 Å². The molecule has 0 bridgehead atoms. The number of methoxy groups -OCH3 is 1. The Balaban J connectivity index is 2.19. The second-order valence-electron chi connectivity index (χ2n) is 5.83. The zero-order chi connectivity index (χ0) is 20.6. The monoisotopic (exact) mass is 413 g/mol. The van der Waals surface area contributed by atoms with Crippen molar-refractivity contribution in [2.45, 2.75) is 26.1 Å². The smallest absolute Gasteiger partial charge is 0.450 e. The fraction of sp³-hybridized carbons (Fsp3) is 0.278. The van der Waals surface area contributed by atoms with E-state index in [1.165, 1.54) is 31.5 Å². The normalized spacial score (nSPS) is 12.8. The largest absolute Gasteiger partial charge is 0.479 e. The van der Waals surface area contributed by atoms with Gasteiger partial charge in [0.1, 0.15) is 11.3 Å². The SMILES string of the molecule is COC(=O)C(C)Oc1ccc2c(=O)c(-c3csc(C)n3)c(C(F)(F)F)oc2c1. The lowest BCUT2D eigenvalue weighted by molar-refractivity contribution is -0.152. The molecule has 148 valence electrons. The van der Waals surface area contributed by atoms with E-state index in [0.29, 0.717) is 5.01 Å². The third-order valence-electron chi connectivity index (χ3n) is 3.84. The molecular weight excluding hydrogens is 399 g/mol. The Hall–Kier alpha value is -2.88. The number of aryl methyl sites for hydroxylation is 1. The third kappa shape index (κ3) is 3.72. The van der Waals surface area contributed by atoms with Crippen molar-refractivity contribution < 1.29 is 31.9 Å². The van der Waals surface area contributed by atoms with E-state index in [0.717, 1.165) is 17.4 Å². The van der Waals surface area contributed by atoms with Crippen LogP contribution in [0, 0.1) is 6.92 Å². The molecule has 10 heteroatoms. The van der Waals surface area contributed by atoms with Gasteiger partial charge in [0, 0.05) is 11.4 Å². The lowest BCUT2D eigenvalue weighted by atomic mass is 10.1. The molecule has 2 aromatic heterocycles. The fourth-order valence-electron chi connectivity index (χ4n) is 2.58. The van der Waals surface area contributed by atoms with Gasteiger partial charge in [-0.25, -0.2) is 9.78 Å². The first kappa shape index (κ1) is 19.9. The van der Waals surface area contributed by atoms with Crippen molar-refractivity contribution in [2.24, 2.45) is 0 Å². The molecule has 0 radical (unpaired) electrons. The minimum absolute atomic E-state index is 0.0546. The van der Waals surface area contributed by atoms with E-state index in [1.54, 1.807) is 6.92 Å². The predicted molar refractivity (Wildman–Crippen MR) is 95.4 cm³/mol. The summed E-state index contributed by atoms with van der Waals surface area (Å²) in [5.41, 5.74) is -1.90. The molecule has 2 heterocycles. The van der Waals surface area contributed by atoms with Crippen molar-refractivity contribution in [3.8, 4) is 17.0 Å². The molecule has 0 aliphatic carbocycles. The minimum Gasteiger partial charge on any atom is -0.479 e. The van der Waals surface area contributed by atoms with E-state index in [2.05, 4.69) is 9.72 Å². The van der Waals surface area contributed by atoms with Crippen LogP contribution in [0.15, 0.2) is 32.8 Å². The first-order valence-electron chi connectivity index (χ1n) is 7.97. The molecule has 0 saturated heterocycles. The van der Waals surface area contributed by atoms with Crippen LogP contribution in [0.4, 0.5) is 13.2 Å². The van der Waals surface area contributed by atoms with E-state index < -0.39 is 35.0 Å². The maximum Gasteiger partial charge on any atom is 0.450 e. The Bertz CT molecular complexity index is 1100. The number of benzene rings is 1. The van der Waals surface area contributed by atoms with Crippen LogP contribution in [-0.2, 0) is 15.7 Å². The topological polar surface area (TPSA) is 78.6 Å². The number of carbonyl (C=O) groups excluding carboxylic acids is 1. The average Bonchev–Trinajstić information content (AvgIpc) is 3.05. The fourth-order valence-corrected chi connectivity index (χ4v) is 3.18. The number of fused-ring (bicyclic) bond motifs is 1. The van der Waals surface area contributed by atoms with Crippen molar-refractivity contribution in [3.05, 3.63) is 44.6 Å². The molecule has 3 rings (SSSR count). The highest BCUT2D eigenvalue weighted by Gasteiger charge is 2.40. The quantitative estimate of drug-likeness (QED) is 0.597. The van der Waals surface area contributed by atoms with Crippen LogP contribution < -0.4 is 10.2 Å². The van der Waals surface area contributed by atoms with Gasteiger partial charge in [-0.05, 0) is 26.0 Å². The number of nitrogens with zero attached hydrogens (tertiary/aromatic N) is 1. The second-order valence-corrected chi connectivity index (χ2v) is 6.89. The van der Waals surface area contributed by atoms with E-state index in [4.69, 9.17) is 9.15 Å². The van der Waals surface area contributed by atoms with Gasteiger partial charge in [-0.1, -0.05) is 0 Å². The predicted octanol–water partition coefficient (Wildman–Crippen LogP) is 4.18. The lowest BCUT2D eigenvalue weighted by Crippen LogP contribution is -2.24. The van der Waals surface area contributed by atoms with Crippen LogP contribution in [0.25, 0.3) is 22.2 Å². The molecule has 0 saturated carbocycles. The molecule has 0 aliphatic rings. The first-order valence-corrected chi connectivity index (χ1v) is 8.85. The molecule has 0 spiro atoms. The molecule has 1 unspecified atom stereocenters. The van der Waals surface area contributed by atoms with Gasteiger partial charge in [-0.2, -0.15) is 13.2 Å². The number of hydrogen-bond donors (Lipinski definition) is 0. The molecule has 3 aromatic rings. The average molecular weight is 413 g/mol. The van der Waals surface area contributed by atoms with Crippen molar-refractivity contribution >= 4 is 28.3 Å². The molecule has 1 atom stereocenters. The number of esters is 1. The number of rotatable bonds is 4. The van der Waals surface area contributed by atoms with E-state index in [1.807, 2.05) is 0 Å².